The van der Waals surface area contributed by atoms with Gasteiger partial charge in [0.1, 0.15) is 10.8 Å². The Morgan fingerprint density at radius 2 is 2.18 bits per heavy atom. The summed E-state index contributed by atoms with van der Waals surface area (Å²) in [7, 11) is 0. The van der Waals surface area contributed by atoms with Crippen molar-refractivity contribution in [1.82, 2.24) is 4.98 Å². The van der Waals surface area contributed by atoms with Crippen LogP contribution in [0.15, 0.2) is 5.38 Å². The molecule has 3 nitrogen and oxygen atoms in total. The van der Waals surface area contributed by atoms with Crippen molar-refractivity contribution in [3.05, 3.63) is 16.1 Å². The molecule has 0 bridgehead atoms. The Kier molecular flexibility index (Phi) is 5.78. The van der Waals surface area contributed by atoms with E-state index in [2.05, 4.69) is 4.98 Å². The number of rotatable bonds is 7. The summed E-state index contributed by atoms with van der Waals surface area (Å²) in [5.41, 5.74) is 6.69. The zero-order valence-electron chi connectivity index (χ0n) is 10.9. The van der Waals surface area contributed by atoms with Crippen LogP contribution in [0, 0.1) is 12.8 Å². The Labute approximate surface area is 107 Å². The summed E-state index contributed by atoms with van der Waals surface area (Å²) in [6.45, 7) is 5.96. The van der Waals surface area contributed by atoms with Crippen LogP contribution >= 0.6 is 11.3 Å². The van der Waals surface area contributed by atoms with Crippen LogP contribution in [0.3, 0.4) is 0 Å². The van der Waals surface area contributed by atoms with E-state index >= 15 is 0 Å². The minimum atomic E-state index is 0.123. The molecule has 1 aromatic rings. The van der Waals surface area contributed by atoms with Crippen LogP contribution in [0.5, 0.6) is 0 Å². The first-order chi connectivity index (χ1) is 7.99. The largest absolute Gasteiger partial charge is 0.328 e. The third-order valence-corrected chi connectivity index (χ3v) is 3.80. The molecule has 1 heterocycles. The Balaban J connectivity index is 2.32. The lowest BCUT2D eigenvalue weighted by atomic mass is 9.96. The summed E-state index contributed by atoms with van der Waals surface area (Å²) in [6, 6.07) is 0.235. The molecule has 17 heavy (non-hydrogen) atoms. The summed E-state index contributed by atoms with van der Waals surface area (Å²) in [5, 5.41) is 2.93. The Hall–Kier alpha value is -0.740. The highest BCUT2D eigenvalue weighted by Crippen LogP contribution is 2.15. The van der Waals surface area contributed by atoms with Crippen LogP contribution in [-0.4, -0.2) is 16.8 Å². The topological polar surface area (TPSA) is 56.0 Å². The minimum Gasteiger partial charge on any atom is -0.328 e. The second kappa shape index (κ2) is 6.87. The number of nitrogens with two attached hydrogens (primary N) is 1. The fourth-order valence-corrected chi connectivity index (χ4v) is 2.50. The number of thiazole rings is 1. The molecule has 0 amide bonds. The lowest BCUT2D eigenvalue weighted by molar-refractivity contribution is -0.121. The number of hydrogen-bond acceptors (Lipinski definition) is 4. The second-order valence-corrected chi connectivity index (χ2v) is 5.78. The predicted molar refractivity (Wildman–Crippen MR) is 72.2 cm³/mol. The van der Waals surface area contributed by atoms with Crippen molar-refractivity contribution >= 4 is 17.1 Å². The Morgan fingerprint density at radius 1 is 1.47 bits per heavy atom. The summed E-state index contributed by atoms with van der Waals surface area (Å²) >= 11 is 1.57. The zero-order valence-corrected chi connectivity index (χ0v) is 11.7. The summed E-state index contributed by atoms with van der Waals surface area (Å²) in [5.74, 6) is 0.419. The summed E-state index contributed by atoms with van der Waals surface area (Å²) < 4.78 is 0. The van der Waals surface area contributed by atoms with E-state index < -0.39 is 0 Å². The van der Waals surface area contributed by atoms with E-state index in [4.69, 9.17) is 5.73 Å². The molecule has 0 fully saturated rings. The third-order valence-electron chi connectivity index (χ3n) is 2.84. The average Bonchev–Trinajstić information content (AvgIpc) is 2.63. The van der Waals surface area contributed by atoms with Gasteiger partial charge in [-0.1, -0.05) is 13.3 Å². The molecule has 1 rings (SSSR count). The van der Waals surface area contributed by atoms with Gasteiger partial charge in [0.05, 0.1) is 6.42 Å². The van der Waals surface area contributed by atoms with E-state index in [1.54, 1.807) is 11.3 Å². The van der Waals surface area contributed by atoms with Gasteiger partial charge in [0, 0.05) is 23.0 Å². The smallest absolute Gasteiger partial charge is 0.142 e. The number of carbonyl (C=O) groups excluding carboxylic acids is 1. The molecule has 0 saturated heterocycles. The summed E-state index contributed by atoms with van der Waals surface area (Å²) in [6.07, 6.45) is 3.44. The number of hydrogen-bond donors (Lipinski definition) is 1. The van der Waals surface area contributed by atoms with Gasteiger partial charge >= 0.3 is 0 Å². The van der Waals surface area contributed by atoms with Crippen LogP contribution in [0.1, 0.15) is 43.8 Å². The van der Waals surface area contributed by atoms with Crippen molar-refractivity contribution in [2.45, 2.75) is 52.5 Å². The van der Waals surface area contributed by atoms with Crippen LogP contribution in [0.25, 0.3) is 0 Å². The SMILES string of the molecule is Cc1csc(CC(=O)C(C)CCCC(C)N)n1. The van der Waals surface area contributed by atoms with Crippen LogP contribution in [0.4, 0.5) is 0 Å². The van der Waals surface area contributed by atoms with Gasteiger partial charge in [-0.25, -0.2) is 4.98 Å². The first kappa shape index (κ1) is 14.3. The van der Waals surface area contributed by atoms with Gasteiger partial charge in [0.2, 0.25) is 0 Å². The number of aryl methyl sites for hydroxylation is 1. The first-order valence-electron chi connectivity index (χ1n) is 6.18. The van der Waals surface area contributed by atoms with Gasteiger partial charge in [-0.05, 0) is 26.7 Å². The molecule has 0 spiro atoms. The number of nitrogens with zero attached hydrogens (tertiary/aromatic N) is 1. The standard InChI is InChI=1S/C13H22N2OS/c1-9(5-4-6-10(2)14)12(16)7-13-15-11(3)8-17-13/h8-10H,4-7,14H2,1-3H3. The van der Waals surface area contributed by atoms with Gasteiger partial charge in [-0.15, -0.1) is 11.3 Å². The van der Waals surface area contributed by atoms with Crippen LogP contribution in [0.2, 0.25) is 0 Å². The maximum absolute atomic E-state index is 11.9. The minimum absolute atomic E-state index is 0.123. The van der Waals surface area contributed by atoms with E-state index in [0.29, 0.717) is 12.2 Å². The van der Waals surface area contributed by atoms with Crippen molar-refractivity contribution in [3.63, 3.8) is 0 Å². The van der Waals surface area contributed by atoms with E-state index in [0.717, 1.165) is 30.0 Å². The molecule has 0 aromatic carbocycles. The van der Waals surface area contributed by atoms with Crippen molar-refractivity contribution in [2.75, 3.05) is 0 Å². The Bertz CT molecular complexity index is 360. The number of ketones is 1. The normalized spacial score (nSPS) is 14.6. The fourth-order valence-electron chi connectivity index (χ4n) is 1.71. The van der Waals surface area contributed by atoms with Gasteiger partial charge < -0.3 is 5.73 Å². The molecular weight excluding hydrogens is 232 g/mol. The molecule has 96 valence electrons. The molecule has 2 N–H and O–H groups in total. The number of carbonyl (C=O) groups is 1. The predicted octanol–water partition coefficient (Wildman–Crippen LogP) is 2.72. The number of Topliss-reactive ketones (excluding diaryl/α,β-unsaturated/α-hetero) is 1. The van der Waals surface area contributed by atoms with E-state index in [9.17, 15) is 4.79 Å². The fraction of sp³-hybridized carbons (Fsp3) is 0.692. The van der Waals surface area contributed by atoms with Gasteiger partial charge in [0.15, 0.2) is 0 Å². The van der Waals surface area contributed by atoms with E-state index in [1.807, 2.05) is 26.2 Å². The highest BCUT2D eigenvalue weighted by molar-refractivity contribution is 7.09. The lowest BCUT2D eigenvalue weighted by Crippen LogP contribution is -2.17. The van der Waals surface area contributed by atoms with Gasteiger partial charge in [0.25, 0.3) is 0 Å². The number of aromatic nitrogens is 1. The molecule has 2 atom stereocenters. The highest BCUT2D eigenvalue weighted by atomic mass is 32.1. The van der Waals surface area contributed by atoms with Crippen molar-refractivity contribution in [1.29, 1.82) is 0 Å². The van der Waals surface area contributed by atoms with E-state index in [-0.39, 0.29) is 12.0 Å². The zero-order chi connectivity index (χ0) is 12.8. The average molecular weight is 254 g/mol. The molecule has 0 radical (unpaired) electrons. The van der Waals surface area contributed by atoms with Crippen molar-refractivity contribution in [2.24, 2.45) is 11.7 Å². The quantitative estimate of drug-likeness (QED) is 0.814. The maximum Gasteiger partial charge on any atom is 0.142 e. The summed E-state index contributed by atoms with van der Waals surface area (Å²) in [4.78, 5) is 16.3. The first-order valence-corrected chi connectivity index (χ1v) is 7.06. The van der Waals surface area contributed by atoms with E-state index in [1.165, 1.54) is 0 Å². The second-order valence-electron chi connectivity index (χ2n) is 4.83. The molecule has 0 aliphatic heterocycles. The van der Waals surface area contributed by atoms with Crippen molar-refractivity contribution < 1.29 is 4.79 Å². The van der Waals surface area contributed by atoms with Crippen molar-refractivity contribution in [3.8, 4) is 0 Å². The molecule has 1 aromatic heterocycles. The highest BCUT2D eigenvalue weighted by Gasteiger charge is 2.15. The maximum atomic E-state index is 11.9. The van der Waals surface area contributed by atoms with Gasteiger partial charge in [-0.2, -0.15) is 0 Å². The lowest BCUT2D eigenvalue weighted by Gasteiger charge is -2.10. The molecule has 0 saturated carbocycles. The monoisotopic (exact) mass is 254 g/mol. The third kappa shape index (κ3) is 5.41. The molecule has 0 aliphatic carbocycles. The molecule has 0 aliphatic rings. The Morgan fingerprint density at radius 3 is 2.71 bits per heavy atom. The molecule has 4 heteroatoms. The van der Waals surface area contributed by atoms with Crippen LogP contribution < -0.4 is 5.73 Å². The van der Waals surface area contributed by atoms with Crippen LogP contribution in [-0.2, 0) is 11.2 Å². The van der Waals surface area contributed by atoms with Gasteiger partial charge in [-0.3, -0.25) is 4.79 Å². The molecular formula is C13H22N2OS. The molecule has 2 unspecified atom stereocenters.